The predicted molar refractivity (Wildman–Crippen MR) is 94.2 cm³/mol. The van der Waals surface area contributed by atoms with Crippen LogP contribution in [0.15, 0.2) is 0 Å². The molecule has 0 heterocycles. The van der Waals surface area contributed by atoms with Gasteiger partial charge in [-0.15, -0.1) is 0 Å². The van der Waals surface area contributed by atoms with Crippen molar-refractivity contribution in [2.24, 2.45) is 0 Å². The van der Waals surface area contributed by atoms with Gasteiger partial charge in [0, 0.05) is 0 Å². The summed E-state index contributed by atoms with van der Waals surface area (Å²) in [7, 11) is 0. The van der Waals surface area contributed by atoms with E-state index in [9.17, 15) is 0 Å². The molecule has 0 bridgehead atoms. The zero-order valence-electron chi connectivity index (χ0n) is 17.1. The van der Waals surface area contributed by atoms with Crippen molar-refractivity contribution in [3.05, 3.63) is 0 Å². The van der Waals surface area contributed by atoms with E-state index in [1.54, 1.807) is 0 Å². The summed E-state index contributed by atoms with van der Waals surface area (Å²) in [6, 6.07) is 0. The van der Waals surface area contributed by atoms with Gasteiger partial charge in [0.2, 0.25) is 0 Å². The van der Waals surface area contributed by atoms with Gasteiger partial charge in [0.05, 0.1) is 0 Å². The summed E-state index contributed by atoms with van der Waals surface area (Å²) in [5, 5.41) is 0. The Hall–Kier alpha value is 0.864. The van der Waals surface area contributed by atoms with Crippen LogP contribution in [0, 0.1) is 0 Å². The number of rotatable bonds is 18. The Morgan fingerprint density at radius 2 is 0.800 bits per heavy atom. The molecule has 0 aliphatic rings. The predicted octanol–water partition coefficient (Wildman–Crippen LogP) is 4.89. The van der Waals surface area contributed by atoms with Gasteiger partial charge in [-0.25, -0.2) is 0 Å². The van der Waals surface area contributed by atoms with Crippen molar-refractivity contribution in [2.45, 2.75) is 98.9 Å². The van der Waals surface area contributed by atoms with E-state index in [-0.39, 0.29) is 18.9 Å². The molecule has 25 heavy (non-hydrogen) atoms. The van der Waals surface area contributed by atoms with Crippen molar-refractivity contribution < 1.29 is 49.3 Å². The second-order valence-corrected chi connectivity index (χ2v) is 9.14. The maximum atomic E-state index is 6.16. The van der Waals surface area contributed by atoms with Crippen LogP contribution in [0.3, 0.4) is 0 Å². The van der Waals surface area contributed by atoms with Crippen LogP contribution >= 0.6 is 0 Å². The van der Waals surface area contributed by atoms with E-state index in [0.717, 1.165) is 38.5 Å². The molecule has 0 aromatic rings. The summed E-state index contributed by atoms with van der Waals surface area (Å²) in [5.74, 6) is 0. The van der Waals surface area contributed by atoms with E-state index >= 15 is 0 Å². The van der Waals surface area contributed by atoms with E-state index in [1.165, 1.54) is 0 Å². The molecule has 0 aliphatic carbocycles. The fourth-order valence-corrected chi connectivity index (χ4v) is 6.19. The fraction of sp³-hybridized carbons (Fsp3) is 1.00. The average Bonchev–Trinajstić information content (AvgIpc) is 2.56. The van der Waals surface area contributed by atoms with Crippen LogP contribution in [0.4, 0.5) is 0 Å². The molecule has 0 fully saturated rings. The Labute approximate surface area is 167 Å². The third-order valence-corrected chi connectivity index (χ3v) is 7.30. The molecule has 0 rings (SSSR count). The van der Waals surface area contributed by atoms with Crippen molar-refractivity contribution in [2.75, 3.05) is 19.8 Å². The first-order valence-corrected chi connectivity index (χ1v) is 13.4. The third kappa shape index (κ3) is 13.6. The Morgan fingerprint density at radius 3 is 1.00 bits per heavy atom. The molecule has 0 saturated carbocycles. The quantitative estimate of drug-likeness (QED) is 0.283. The van der Waals surface area contributed by atoms with Crippen molar-refractivity contribution in [3.63, 3.8) is 0 Å². The van der Waals surface area contributed by atoms with Gasteiger partial charge in [-0.05, 0) is 0 Å². The first-order valence-electron chi connectivity index (χ1n) is 9.95. The molecule has 150 valence electrons. The maximum absolute atomic E-state index is 6.16. The summed E-state index contributed by atoms with van der Waals surface area (Å²) < 4.78 is 35.6. The van der Waals surface area contributed by atoms with Crippen molar-refractivity contribution in [1.29, 1.82) is 0 Å². The van der Waals surface area contributed by atoms with E-state index in [1.807, 2.05) is 20.8 Å². The molecule has 0 aliphatic heterocycles. The first kappa shape index (κ1) is 25.9. The molecule has 3 unspecified atom stereocenters. The van der Waals surface area contributed by atoms with Gasteiger partial charge in [-0.1, -0.05) is 0 Å². The second kappa shape index (κ2) is 18.2. The molecule has 7 heteroatoms. The minimum atomic E-state index is -3.29. The molecule has 3 atom stereocenters. The zero-order valence-corrected chi connectivity index (χ0v) is 20.0. The van der Waals surface area contributed by atoms with Crippen molar-refractivity contribution in [1.82, 2.24) is 0 Å². The van der Waals surface area contributed by atoms with Gasteiger partial charge >= 0.3 is 168 Å². The molecule has 0 aromatic carbocycles. The minimum absolute atomic E-state index is 0.274. The molecule has 6 nitrogen and oxygen atoms in total. The summed E-state index contributed by atoms with van der Waals surface area (Å²) >= 11 is -3.29. The summed E-state index contributed by atoms with van der Waals surface area (Å²) in [5.41, 5.74) is 0. The van der Waals surface area contributed by atoms with E-state index in [2.05, 4.69) is 20.8 Å². The van der Waals surface area contributed by atoms with Crippen molar-refractivity contribution in [3.8, 4) is 0 Å². The van der Waals surface area contributed by atoms with Crippen LogP contribution in [-0.2, 0) is 49.3 Å². The van der Waals surface area contributed by atoms with Crippen LogP contribution in [0.5, 0.6) is 0 Å². The average molecular weight is 440 g/mol. The fourth-order valence-electron chi connectivity index (χ4n) is 2.30. The summed E-state index contributed by atoms with van der Waals surface area (Å²) in [4.78, 5) is 0. The molecular weight excluding hydrogens is 401 g/mol. The molecule has 0 N–H and O–H groups in total. The van der Waals surface area contributed by atoms with Crippen LogP contribution in [0.2, 0.25) is 0 Å². The second-order valence-electron chi connectivity index (χ2n) is 5.72. The summed E-state index contributed by atoms with van der Waals surface area (Å²) in [6.07, 6.45) is 4.61. The molecule has 0 spiro atoms. The number of ether oxygens (including phenoxy) is 3. The SMILES string of the molecule is CCCC(OCC)[O][Y]([O]C(CCC)OCC)[O]C(CCC)OCC. The molecular formula is C18H39O6Y. The Bertz CT molecular complexity index is 221. The molecule has 0 amide bonds. The standard InChI is InChI=1S/3C6H13O2.Y/c3*1-3-5-6(7)8-4-2;/h3*6H,3-5H2,1-2H3;/q3*-1;+3. The summed E-state index contributed by atoms with van der Waals surface area (Å²) in [6.45, 7) is 14.1. The molecule has 0 saturated heterocycles. The first-order chi connectivity index (χ1) is 12.1. The van der Waals surface area contributed by atoms with Crippen LogP contribution in [0.1, 0.15) is 80.1 Å². The van der Waals surface area contributed by atoms with Gasteiger partial charge in [0.15, 0.2) is 0 Å². The van der Waals surface area contributed by atoms with E-state index in [4.69, 9.17) is 20.4 Å². The molecule has 0 radical (unpaired) electrons. The van der Waals surface area contributed by atoms with E-state index < -0.39 is 29.0 Å². The van der Waals surface area contributed by atoms with Crippen molar-refractivity contribution >= 4 is 0 Å². The Kier molecular flexibility index (Phi) is 18.9. The number of hydrogen-bond donors (Lipinski definition) is 0. The van der Waals surface area contributed by atoms with Gasteiger partial charge in [-0.3, -0.25) is 0 Å². The Morgan fingerprint density at radius 1 is 0.520 bits per heavy atom. The third-order valence-electron chi connectivity index (χ3n) is 3.42. The number of hydrogen-bond acceptors (Lipinski definition) is 6. The van der Waals surface area contributed by atoms with Crippen LogP contribution in [0.25, 0.3) is 0 Å². The van der Waals surface area contributed by atoms with E-state index in [0.29, 0.717) is 19.8 Å². The Balaban J connectivity index is 4.96. The topological polar surface area (TPSA) is 55.4 Å². The van der Waals surface area contributed by atoms with Gasteiger partial charge in [0.1, 0.15) is 0 Å². The van der Waals surface area contributed by atoms with Gasteiger partial charge in [-0.2, -0.15) is 0 Å². The van der Waals surface area contributed by atoms with Gasteiger partial charge in [0.25, 0.3) is 0 Å². The van der Waals surface area contributed by atoms with Crippen LogP contribution < -0.4 is 0 Å². The zero-order chi connectivity index (χ0) is 18.9. The molecule has 0 aromatic heterocycles. The van der Waals surface area contributed by atoms with Crippen LogP contribution in [-0.4, -0.2) is 38.7 Å². The normalized spacial score (nSPS) is 15.1. The monoisotopic (exact) mass is 440 g/mol. The van der Waals surface area contributed by atoms with Gasteiger partial charge < -0.3 is 0 Å².